The number of anilines is 2. The topological polar surface area (TPSA) is 58.4 Å². The van der Waals surface area contributed by atoms with Gasteiger partial charge < -0.3 is 16.0 Å². The highest BCUT2D eigenvalue weighted by molar-refractivity contribution is 7.18. The predicted molar refractivity (Wildman–Crippen MR) is 82.0 cm³/mol. The molecule has 1 amide bonds. The van der Waals surface area contributed by atoms with E-state index in [1.807, 2.05) is 13.0 Å². The summed E-state index contributed by atoms with van der Waals surface area (Å²) >= 11 is 1.52. The van der Waals surface area contributed by atoms with Gasteiger partial charge in [0.05, 0.1) is 10.7 Å². The van der Waals surface area contributed by atoms with Crippen LogP contribution in [-0.4, -0.2) is 25.5 Å². The number of piperidine rings is 1. The van der Waals surface area contributed by atoms with Crippen LogP contribution in [0, 0.1) is 5.92 Å². The maximum atomic E-state index is 11.9. The first kappa shape index (κ1) is 14.2. The second-order valence-electron chi connectivity index (χ2n) is 5.09. The Bertz CT molecular complexity index is 444. The molecule has 0 radical (unpaired) electrons. The average molecular weight is 281 g/mol. The molecule has 19 heavy (non-hydrogen) atoms. The molecule has 1 saturated heterocycles. The van der Waals surface area contributed by atoms with Crippen molar-refractivity contribution in [2.45, 2.75) is 33.1 Å². The molecule has 1 aromatic rings. The molecule has 2 heterocycles. The van der Waals surface area contributed by atoms with E-state index in [2.05, 4.69) is 17.1 Å². The second kappa shape index (κ2) is 6.28. The second-order valence-corrected chi connectivity index (χ2v) is 6.12. The van der Waals surface area contributed by atoms with Crippen LogP contribution in [0.2, 0.25) is 0 Å². The lowest BCUT2D eigenvalue weighted by Crippen LogP contribution is -2.34. The molecule has 1 aliphatic heterocycles. The summed E-state index contributed by atoms with van der Waals surface area (Å²) in [6.45, 7) is 6.96. The van der Waals surface area contributed by atoms with E-state index in [1.165, 1.54) is 30.6 Å². The molecule has 4 nitrogen and oxygen atoms in total. The van der Waals surface area contributed by atoms with Gasteiger partial charge in [-0.05, 0) is 31.7 Å². The smallest absolute Gasteiger partial charge is 0.263 e. The van der Waals surface area contributed by atoms with Crippen LogP contribution in [0.5, 0.6) is 0 Å². The molecule has 106 valence electrons. The molecule has 0 spiro atoms. The lowest BCUT2D eigenvalue weighted by molar-refractivity contribution is 0.0960. The molecule has 2 rings (SSSR count). The van der Waals surface area contributed by atoms with Gasteiger partial charge in [-0.3, -0.25) is 4.79 Å². The Morgan fingerprint density at radius 1 is 1.58 bits per heavy atom. The molecule has 0 aliphatic carbocycles. The van der Waals surface area contributed by atoms with E-state index in [0.717, 1.165) is 24.0 Å². The lowest BCUT2D eigenvalue weighted by Gasteiger charge is -2.32. The van der Waals surface area contributed by atoms with Crippen LogP contribution in [0.15, 0.2) is 6.07 Å². The van der Waals surface area contributed by atoms with Crippen molar-refractivity contribution in [3.05, 3.63) is 10.9 Å². The molecule has 1 unspecified atom stereocenters. The molecule has 0 bridgehead atoms. The zero-order valence-electron chi connectivity index (χ0n) is 11.7. The number of carbonyl (C=O) groups is 1. The van der Waals surface area contributed by atoms with Crippen molar-refractivity contribution in [3.63, 3.8) is 0 Å². The Labute approximate surface area is 119 Å². The monoisotopic (exact) mass is 281 g/mol. The van der Waals surface area contributed by atoms with Crippen LogP contribution in [0.25, 0.3) is 0 Å². The first-order valence-corrected chi connectivity index (χ1v) is 7.89. The summed E-state index contributed by atoms with van der Waals surface area (Å²) in [6, 6.07) is 1.95. The molecule has 0 aromatic carbocycles. The lowest BCUT2D eigenvalue weighted by atomic mass is 9.96. The summed E-state index contributed by atoms with van der Waals surface area (Å²) in [5.41, 5.74) is 6.57. The van der Waals surface area contributed by atoms with Gasteiger partial charge in [0.2, 0.25) is 0 Å². The first-order chi connectivity index (χ1) is 9.15. The van der Waals surface area contributed by atoms with Crippen molar-refractivity contribution >= 4 is 27.9 Å². The van der Waals surface area contributed by atoms with E-state index in [1.54, 1.807) is 0 Å². The van der Waals surface area contributed by atoms with Gasteiger partial charge in [-0.2, -0.15) is 0 Å². The normalized spacial score (nSPS) is 19.5. The van der Waals surface area contributed by atoms with Gasteiger partial charge >= 0.3 is 0 Å². The van der Waals surface area contributed by atoms with Crippen molar-refractivity contribution in [2.24, 2.45) is 5.92 Å². The number of nitrogen functional groups attached to an aromatic ring is 1. The minimum absolute atomic E-state index is 0.0553. The SMILES string of the molecule is CCNC(=O)c1sc(N2CCCC(CC)C2)cc1N. The minimum atomic E-state index is -0.0553. The summed E-state index contributed by atoms with van der Waals surface area (Å²) in [4.78, 5) is 14.9. The van der Waals surface area contributed by atoms with Gasteiger partial charge in [0.1, 0.15) is 4.88 Å². The van der Waals surface area contributed by atoms with Crippen LogP contribution in [0.3, 0.4) is 0 Å². The van der Waals surface area contributed by atoms with Gasteiger partial charge in [-0.25, -0.2) is 0 Å². The Balaban J connectivity index is 2.13. The number of nitrogens with zero attached hydrogens (tertiary/aromatic N) is 1. The fraction of sp³-hybridized carbons (Fsp3) is 0.643. The number of rotatable bonds is 4. The summed E-state index contributed by atoms with van der Waals surface area (Å²) in [5, 5.41) is 3.95. The number of thiophene rings is 1. The maximum absolute atomic E-state index is 11.9. The summed E-state index contributed by atoms with van der Waals surface area (Å²) < 4.78 is 0. The Kier molecular flexibility index (Phi) is 4.69. The Morgan fingerprint density at radius 3 is 3.05 bits per heavy atom. The van der Waals surface area contributed by atoms with Crippen LogP contribution < -0.4 is 16.0 Å². The van der Waals surface area contributed by atoms with Gasteiger partial charge in [-0.15, -0.1) is 11.3 Å². The third-order valence-electron chi connectivity index (χ3n) is 3.70. The van der Waals surface area contributed by atoms with Crippen molar-refractivity contribution in [3.8, 4) is 0 Å². The van der Waals surface area contributed by atoms with Crippen LogP contribution in [0.4, 0.5) is 10.7 Å². The minimum Gasteiger partial charge on any atom is -0.397 e. The predicted octanol–water partition coefficient (Wildman–Crippen LogP) is 2.71. The first-order valence-electron chi connectivity index (χ1n) is 7.08. The fourth-order valence-corrected chi connectivity index (χ4v) is 3.60. The molecule has 1 aromatic heterocycles. The summed E-state index contributed by atoms with van der Waals surface area (Å²) in [6.07, 6.45) is 3.77. The van der Waals surface area contributed by atoms with E-state index in [9.17, 15) is 4.79 Å². The van der Waals surface area contributed by atoms with Gasteiger partial charge in [-0.1, -0.05) is 13.3 Å². The zero-order chi connectivity index (χ0) is 13.8. The molecule has 0 saturated carbocycles. The van der Waals surface area contributed by atoms with E-state index in [4.69, 9.17) is 5.73 Å². The molecular formula is C14H23N3OS. The molecule has 1 fully saturated rings. The molecule has 1 atom stereocenters. The Morgan fingerprint density at radius 2 is 2.37 bits per heavy atom. The maximum Gasteiger partial charge on any atom is 0.263 e. The number of hydrogen-bond acceptors (Lipinski definition) is 4. The third-order valence-corrected chi connectivity index (χ3v) is 4.91. The zero-order valence-corrected chi connectivity index (χ0v) is 12.6. The molecule has 1 aliphatic rings. The number of nitrogens with two attached hydrogens (primary N) is 1. The largest absolute Gasteiger partial charge is 0.397 e. The highest BCUT2D eigenvalue weighted by atomic mass is 32.1. The van der Waals surface area contributed by atoms with Crippen molar-refractivity contribution < 1.29 is 4.79 Å². The van der Waals surface area contributed by atoms with Crippen LogP contribution in [0.1, 0.15) is 42.8 Å². The van der Waals surface area contributed by atoms with Crippen LogP contribution >= 0.6 is 11.3 Å². The number of nitrogens with one attached hydrogen (secondary N) is 1. The van der Waals surface area contributed by atoms with Crippen LogP contribution in [-0.2, 0) is 0 Å². The Hall–Kier alpha value is -1.23. The summed E-state index contributed by atoms with van der Waals surface area (Å²) in [7, 11) is 0. The van der Waals surface area contributed by atoms with Gasteiger partial charge in [0.25, 0.3) is 5.91 Å². The van der Waals surface area contributed by atoms with E-state index < -0.39 is 0 Å². The standard InChI is InChI=1S/C14H23N3OS/c1-3-10-6-5-7-17(9-10)12-8-11(15)13(19-12)14(18)16-4-2/h8,10H,3-7,9,15H2,1-2H3,(H,16,18). The van der Waals surface area contributed by atoms with Crippen molar-refractivity contribution in [2.75, 3.05) is 30.3 Å². The third kappa shape index (κ3) is 3.21. The number of hydrogen-bond donors (Lipinski definition) is 2. The quantitative estimate of drug-likeness (QED) is 0.892. The number of amides is 1. The van der Waals surface area contributed by atoms with Gasteiger partial charge in [0, 0.05) is 19.6 Å². The van der Waals surface area contributed by atoms with Crippen molar-refractivity contribution in [1.29, 1.82) is 0 Å². The molecule has 3 N–H and O–H groups in total. The van der Waals surface area contributed by atoms with Crippen molar-refractivity contribution in [1.82, 2.24) is 5.32 Å². The highest BCUT2D eigenvalue weighted by Gasteiger charge is 2.22. The molecule has 5 heteroatoms. The van der Waals surface area contributed by atoms with E-state index in [-0.39, 0.29) is 5.91 Å². The average Bonchev–Trinajstić information content (AvgIpc) is 2.81. The number of carbonyl (C=O) groups excluding carboxylic acids is 1. The fourth-order valence-electron chi connectivity index (χ4n) is 2.56. The van der Waals surface area contributed by atoms with E-state index in [0.29, 0.717) is 17.1 Å². The van der Waals surface area contributed by atoms with Gasteiger partial charge in [0.15, 0.2) is 0 Å². The molecular weight excluding hydrogens is 258 g/mol. The summed E-state index contributed by atoms with van der Waals surface area (Å²) in [5.74, 6) is 0.713. The highest BCUT2D eigenvalue weighted by Crippen LogP contribution is 2.34. The van der Waals surface area contributed by atoms with E-state index >= 15 is 0 Å².